The summed E-state index contributed by atoms with van der Waals surface area (Å²) in [7, 11) is 1.65. The van der Waals surface area contributed by atoms with Gasteiger partial charge in [-0.3, -0.25) is 9.59 Å². The molecule has 0 saturated carbocycles. The summed E-state index contributed by atoms with van der Waals surface area (Å²) in [6, 6.07) is 5.89. The van der Waals surface area contributed by atoms with Crippen molar-refractivity contribution in [2.24, 2.45) is 5.92 Å². The largest absolute Gasteiger partial charge is 0.340 e. The summed E-state index contributed by atoms with van der Waals surface area (Å²) in [5, 5.41) is 7.21. The fourth-order valence-corrected chi connectivity index (χ4v) is 2.71. The molecule has 8 heteroatoms. The molecule has 2 aromatic rings. The molecule has 2 rings (SSSR count). The van der Waals surface area contributed by atoms with E-state index in [9.17, 15) is 9.59 Å². The van der Waals surface area contributed by atoms with Gasteiger partial charge in [0.25, 0.3) is 5.91 Å². The lowest BCUT2D eigenvalue weighted by Crippen LogP contribution is -2.47. The highest BCUT2D eigenvalue weighted by molar-refractivity contribution is 6.30. The van der Waals surface area contributed by atoms with E-state index in [0.29, 0.717) is 35.1 Å². The second-order valence-corrected chi connectivity index (χ2v) is 7.25. The zero-order chi connectivity index (χ0) is 20.0. The summed E-state index contributed by atoms with van der Waals surface area (Å²) in [4.78, 5) is 31.1. The zero-order valence-corrected chi connectivity index (χ0v) is 16.8. The number of rotatable bonds is 8. The molecule has 1 unspecified atom stereocenters. The first-order valence-electron chi connectivity index (χ1n) is 8.93. The number of amides is 2. The molecule has 2 amide bonds. The lowest BCUT2D eigenvalue weighted by atomic mass is 10.0. The third kappa shape index (κ3) is 6.06. The van der Waals surface area contributed by atoms with Crippen LogP contribution in [0.3, 0.4) is 0 Å². The average molecular weight is 393 g/mol. The molecule has 0 radical (unpaired) electrons. The number of carbonyl (C=O) groups is 2. The van der Waals surface area contributed by atoms with E-state index in [1.54, 1.807) is 31.3 Å². The van der Waals surface area contributed by atoms with Crippen molar-refractivity contribution in [3.8, 4) is 0 Å². The van der Waals surface area contributed by atoms with Crippen LogP contribution in [-0.4, -0.2) is 39.9 Å². The Labute approximate surface area is 164 Å². The normalized spacial score (nSPS) is 12.1. The van der Waals surface area contributed by atoms with Gasteiger partial charge >= 0.3 is 0 Å². The van der Waals surface area contributed by atoms with Gasteiger partial charge in [0.15, 0.2) is 5.82 Å². The maximum atomic E-state index is 12.9. The Morgan fingerprint density at radius 1 is 1.26 bits per heavy atom. The Morgan fingerprint density at radius 3 is 2.48 bits per heavy atom. The van der Waals surface area contributed by atoms with Gasteiger partial charge in [0.05, 0.1) is 6.54 Å². The number of likely N-dealkylation sites (N-methyl/N-ethyl adjacent to an activating group) is 1. The van der Waals surface area contributed by atoms with Gasteiger partial charge < -0.3 is 14.7 Å². The Kier molecular flexibility index (Phi) is 7.36. The van der Waals surface area contributed by atoms with Crippen LogP contribution in [0.5, 0.6) is 0 Å². The molecule has 0 spiro atoms. The van der Waals surface area contributed by atoms with E-state index in [4.69, 9.17) is 16.1 Å². The van der Waals surface area contributed by atoms with Crippen LogP contribution in [0, 0.1) is 5.92 Å². The molecule has 1 aromatic heterocycles. The number of aromatic nitrogens is 2. The molecule has 146 valence electrons. The SMILES string of the molecule is CCc1noc(CN(C)C(=O)C(CC(C)C)NC(=O)c2ccc(Cl)cc2)n1. The lowest BCUT2D eigenvalue weighted by molar-refractivity contribution is -0.133. The van der Waals surface area contributed by atoms with Gasteiger partial charge in [-0.15, -0.1) is 0 Å². The van der Waals surface area contributed by atoms with E-state index >= 15 is 0 Å². The van der Waals surface area contributed by atoms with Gasteiger partial charge in [-0.25, -0.2) is 0 Å². The van der Waals surface area contributed by atoms with Gasteiger partial charge in [0.1, 0.15) is 6.04 Å². The highest BCUT2D eigenvalue weighted by Gasteiger charge is 2.26. The number of nitrogens with zero attached hydrogens (tertiary/aromatic N) is 3. The number of hydrogen-bond acceptors (Lipinski definition) is 5. The number of halogens is 1. The second-order valence-electron chi connectivity index (χ2n) is 6.81. The van der Waals surface area contributed by atoms with Crippen LogP contribution in [0.2, 0.25) is 5.02 Å². The molecule has 1 heterocycles. The number of aryl methyl sites for hydroxylation is 1. The minimum absolute atomic E-state index is 0.192. The molecule has 0 fully saturated rings. The van der Waals surface area contributed by atoms with Crippen LogP contribution in [0.25, 0.3) is 0 Å². The predicted molar refractivity (Wildman–Crippen MR) is 102 cm³/mol. The van der Waals surface area contributed by atoms with Crippen LogP contribution in [0.15, 0.2) is 28.8 Å². The summed E-state index contributed by atoms with van der Waals surface area (Å²) in [6.07, 6.45) is 1.18. The van der Waals surface area contributed by atoms with E-state index in [0.717, 1.165) is 0 Å². The summed E-state index contributed by atoms with van der Waals surface area (Å²) >= 11 is 5.86. The molecule has 0 bridgehead atoms. The molecule has 27 heavy (non-hydrogen) atoms. The minimum Gasteiger partial charge on any atom is -0.340 e. The molecule has 0 saturated heterocycles. The smallest absolute Gasteiger partial charge is 0.251 e. The van der Waals surface area contributed by atoms with Crippen molar-refractivity contribution in [1.29, 1.82) is 0 Å². The van der Waals surface area contributed by atoms with Crippen molar-refractivity contribution < 1.29 is 14.1 Å². The third-order valence-electron chi connectivity index (χ3n) is 3.99. The van der Waals surface area contributed by atoms with E-state index in [1.807, 2.05) is 20.8 Å². The first kappa shape index (κ1) is 20.9. The van der Waals surface area contributed by atoms with E-state index in [2.05, 4.69) is 15.5 Å². The van der Waals surface area contributed by atoms with E-state index < -0.39 is 6.04 Å². The Balaban J connectivity index is 2.07. The molecule has 1 N–H and O–H groups in total. The Morgan fingerprint density at radius 2 is 1.93 bits per heavy atom. The van der Waals surface area contributed by atoms with Crippen molar-refractivity contribution in [2.75, 3.05) is 7.05 Å². The number of benzene rings is 1. The van der Waals surface area contributed by atoms with Gasteiger partial charge in [-0.05, 0) is 36.6 Å². The summed E-state index contributed by atoms with van der Waals surface area (Å²) < 4.78 is 5.14. The van der Waals surface area contributed by atoms with Crippen LogP contribution in [0.4, 0.5) is 0 Å². The first-order valence-corrected chi connectivity index (χ1v) is 9.30. The second kappa shape index (κ2) is 9.50. The molecular formula is C19H25ClN4O3. The van der Waals surface area contributed by atoms with Crippen LogP contribution < -0.4 is 5.32 Å². The fourth-order valence-electron chi connectivity index (χ4n) is 2.58. The van der Waals surface area contributed by atoms with Crippen molar-refractivity contribution in [3.05, 3.63) is 46.6 Å². The van der Waals surface area contributed by atoms with Crippen molar-refractivity contribution in [1.82, 2.24) is 20.4 Å². The summed E-state index contributed by atoms with van der Waals surface area (Å²) in [5.41, 5.74) is 0.452. The lowest BCUT2D eigenvalue weighted by Gasteiger charge is -2.25. The molecule has 0 aliphatic carbocycles. The Bertz CT molecular complexity index is 774. The number of nitrogens with one attached hydrogen (secondary N) is 1. The maximum Gasteiger partial charge on any atom is 0.251 e. The van der Waals surface area contributed by atoms with E-state index in [1.165, 1.54) is 4.90 Å². The van der Waals surface area contributed by atoms with Crippen LogP contribution in [0.1, 0.15) is 49.3 Å². The van der Waals surface area contributed by atoms with Crippen molar-refractivity contribution >= 4 is 23.4 Å². The van der Waals surface area contributed by atoms with Crippen molar-refractivity contribution in [3.63, 3.8) is 0 Å². The maximum absolute atomic E-state index is 12.9. The molecular weight excluding hydrogens is 368 g/mol. The monoisotopic (exact) mass is 392 g/mol. The number of hydrogen-bond donors (Lipinski definition) is 1. The fraction of sp³-hybridized carbons (Fsp3) is 0.474. The molecule has 1 atom stereocenters. The van der Waals surface area contributed by atoms with Crippen LogP contribution >= 0.6 is 11.6 Å². The standard InChI is InChI=1S/C19H25ClN4O3/c1-5-16-22-17(27-23-16)11-24(4)19(26)15(10-12(2)3)21-18(25)13-6-8-14(20)9-7-13/h6-9,12,15H,5,10-11H2,1-4H3,(H,21,25). The summed E-state index contributed by atoms with van der Waals surface area (Å²) in [5.74, 6) is 0.677. The molecule has 1 aromatic carbocycles. The van der Waals surface area contributed by atoms with Gasteiger partial charge in [-0.2, -0.15) is 4.98 Å². The zero-order valence-electron chi connectivity index (χ0n) is 16.0. The van der Waals surface area contributed by atoms with Crippen LogP contribution in [-0.2, 0) is 17.8 Å². The minimum atomic E-state index is -0.647. The highest BCUT2D eigenvalue weighted by Crippen LogP contribution is 2.13. The number of carbonyl (C=O) groups excluding carboxylic acids is 2. The average Bonchev–Trinajstić information content (AvgIpc) is 3.08. The summed E-state index contributed by atoms with van der Waals surface area (Å²) in [6.45, 7) is 6.12. The van der Waals surface area contributed by atoms with E-state index in [-0.39, 0.29) is 24.3 Å². The molecule has 0 aliphatic heterocycles. The van der Waals surface area contributed by atoms with Gasteiger partial charge in [0.2, 0.25) is 11.8 Å². The quantitative estimate of drug-likeness (QED) is 0.745. The molecule has 7 nitrogen and oxygen atoms in total. The van der Waals surface area contributed by atoms with Crippen molar-refractivity contribution in [2.45, 2.75) is 46.2 Å². The Hall–Kier alpha value is -2.41. The van der Waals surface area contributed by atoms with Gasteiger partial charge in [0, 0.05) is 24.1 Å². The van der Waals surface area contributed by atoms with Gasteiger partial charge in [-0.1, -0.05) is 37.5 Å². The molecule has 0 aliphatic rings. The first-order chi connectivity index (χ1) is 12.8. The topological polar surface area (TPSA) is 88.3 Å². The third-order valence-corrected chi connectivity index (χ3v) is 4.24. The predicted octanol–water partition coefficient (Wildman–Crippen LogP) is 3.09. The highest BCUT2D eigenvalue weighted by atomic mass is 35.5.